The third-order valence-electron chi connectivity index (χ3n) is 5.03. The topological polar surface area (TPSA) is 61.9 Å². The summed E-state index contributed by atoms with van der Waals surface area (Å²) >= 11 is 0. The highest BCUT2D eigenvalue weighted by Crippen LogP contribution is 2.22. The van der Waals surface area contributed by atoms with Crippen molar-refractivity contribution < 1.29 is 23.1 Å². The van der Waals surface area contributed by atoms with Gasteiger partial charge in [0, 0.05) is 31.9 Å². The van der Waals surface area contributed by atoms with Crippen LogP contribution in [0, 0.1) is 0 Å². The number of rotatable bonds is 7. The van der Waals surface area contributed by atoms with Gasteiger partial charge >= 0.3 is 6.61 Å². The Labute approximate surface area is 174 Å². The summed E-state index contributed by atoms with van der Waals surface area (Å²) in [4.78, 5) is 28.7. The number of carbonyl (C=O) groups is 2. The molecule has 2 amide bonds. The molecule has 0 spiro atoms. The van der Waals surface area contributed by atoms with Gasteiger partial charge in [0.15, 0.2) is 0 Å². The molecule has 0 bridgehead atoms. The van der Waals surface area contributed by atoms with Crippen molar-refractivity contribution in [1.29, 1.82) is 0 Å². The first-order valence-corrected chi connectivity index (χ1v) is 9.91. The van der Waals surface area contributed by atoms with Gasteiger partial charge in [-0.25, -0.2) is 0 Å². The summed E-state index contributed by atoms with van der Waals surface area (Å²) < 4.78 is 29.6. The monoisotopic (exact) mass is 417 g/mol. The first-order chi connectivity index (χ1) is 14.5. The van der Waals surface area contributed by atoms with Crippen molar-refractivity contribution in [2.45, 2.75) is 20.0 Å². The number of para-hydroxylation sites is 2. The van der Waals surface area contributed by atoms with E-state index in [9.17, 15) is 18.4 Å². The zero-order chi connectivity index (χ0) is 21.5. The Kier molecular flexibility index (Phi) is 7.35. The van der Waals surface area contributed by atoms with Crippen molar-refractivity contribution in [2.24, 2.45) is 0 Å². The summed E-state index contributed by atoms with van der Waals surface area (Å²) in [6, 6.07) is 13.7. The molecule has 1 fully saturated rings. The van der Waals surface area contributed by atoms with Crippen LogP contribution < -0.4 is 10.1 Å². The molecule has 0 unspecified atom stereocenters. The minimum atomic E-state index is -2.99. The van der Waals surface area contributed by atoms with Crippen molar-refractivity contribution >= 4 is 17.5 Å². The van der Waals surface area contributed by atoms with E-state index in [1.165, 1.54) is 12.1 Å². The number of alkyl halides is 2. The van der Waals surface area contributed by atoms with Crippen LogP contribution in [-0.4, -0.2) is 60.9 Å². The van der Waals surface area contributed by atoms with Gasteiger partial charge in [0.1, 0.15) is 5.75 Å². The second-order valence-corrected chi connectivity index (χ2v) is 7.00. The quantitative estimate of drug-likeness (QED) is 0.751. The first-order valence-electron chi connectivity index (χ1n) is 9.91. The molecule has 160 valence electrons. The van der Waals surface area contributed by atoms with E-state index in [4.69, 9.17) is 0 Å². The fraction of sp³-hybridized carbons (Fsp3) is 0.364. The molecule has 1 N–H and O–H groups in total. The summed E-state index contributed by atoms with van der Waals surface area (Å²) in [6.45, 7) is 1.11. The lowest BCUT2D eigenvalue weighted by molar-refractivity contribution is -0.117. The lowest BCUT2D eigenvalue weighted by atomic mass is 10.1. The number of hydrogen-bond acceptors (Lipinski definition) is 4. The molecular formula is C22H25F2N3O3. The van der Waals surface area contributed by atoms with Gasteiger partial charge in [0.2, 0.25) is 5.91 Å². The summed E-state index contributed by atoms with van der Waals surface area (Å²) in [7, 11) is 0. The Bertz CT molecular complexity index is 883. The van der Waals surface area contributed by atoms with Gasteiger partial charge < -0.3 is 15.0 Å². The molecule has 0 aliphatic carbocycles. The molecule has 0 atom stereocenters. The molecule has 0 saturated carbocycles. The number of anilines is 1. The molecule has 6 nitrogen and oxygen atoms in total. The number of ether oxygens (including phenoxy) is 1. The molecule has 1 aliphatic rings. The number of benzene rings is 2. The summed E-state index contributed by atoms with van der Waals surface area (Å²) in [6.07, 6.45) is 0.827. The van der Waals surface area contributed by atoms with E-state index in [1.54, 1.807) is 17.0 Å². The van der Waals surface area contributed by atoms with Crippen molar-refractivity contribution in [1.82, 2.24) is 9.80 Å². The van der Waals surface area contributed by atoms with Gasteiger partial charge in [-0.3, -0.25) is 14.5 Å². The van der Waals surface area contributed by atoms with Crippen LogP contribution in [-0.2, 0) is 11.2 Å². The Morgan fingerprint density at radius 3 is 2.40 bits per heavy atom. The van der Waals surface area contributed by atoms with Gasteiger partial charge in [-0.05, 0) is 30.2 Å². The molecule has 1 saturated heterocycles. The first kappa shape index (κ1) is 21.7. The van der Waals surface area contributed by atoms with Crippen molar-refractivity contribution in [3.05, 3.63) is 59.7 Å². The van der Waals surface area contributed by atoms with Gasteiger partial charge in [0.05, 0.1) is 12.1 Å². The lowest BCUT2D eigenvalue weighted by Gasteiger charge is -2.34. The van der Waals surface area contributed by atoms with Gasteiger partial charge in [0.25, 0.3) is 5.91 Å². The zero-order valence-electron chi connectivity index (χ0n) is 16.8. The minimum absolute atomic E-state index is 0.105. The molecule has 3 rings (SSSR count). The summed E-state index contributed by atoms with van der Waals surface area (Å²) in [5.41, 5.74) is 2.00. The molecule has 0 radical (unpaired) electrons. The maximum absolute atomic E-state index is 12.7. The minimum Gasteiger partial charge on any atom is -0.434 e. The fourth-order valence-corrected chi connectivity index (χ4v) is 3.46. The number of aryl methyl sites for hydroxylation is 1. The van der Waals surface area contributed by atoms with Gasteiger partial charge in [-0.1, -0.05) is 37.3 Å². The molecular weight excluding hydrogens is 392 g/mol. The third kappa shape index (κ3) is 5.54. The molecule has 1 aliphatic heterocycles. The maximum Gasteiger partial charge on any atom is 0.387 e. The van der Waals surface area contributed by atoms with Crippen LogP contribution in [0.2, 0.25) is 0 Å². The zero-order valence-corrected chi connectivity index (χ0v) is 16.8. The number of nitrogens with zero attached hydrogens (tertiary/aromatic N) is 2. The van der Waals surface area contributed by atoms with Crippen molar-refractivity contribution in [3.63, 3.8) is 0 Å². The second kappa shape index (κ2) is 10.2. The predicted molar refractivity (Wildman–Crippen MR) is 110 cm³/mol. The molecule has 2 aromatic carbocycles. The fourth-order valence-electron chi connectivity index (χ4n) is 3.46. The van der Waals surface area contributed by atoms with E-state index in [1.807, 2.05) is 36.1 Å². The lowest BCUT2D eigenvalue weighted by Crippen LogP contribution is -2.50. The number of halogens is 2. The molecule has 1 heterocycles. The average molecular weight is 417 g/mol. The van der Waals surface area contributed by atoms with Crippen molar-refractivity contribution in [3.8, 4) is 5.75 Å². The smallest absolute Gasteiger partial charge is 0.387 e. The van der Waals surface area contributed by atoms with Gasteiger partial charge in [-0.15, -0.1) is 0 Å². The van der Waals surface area contributed by atoms with Crippen LogP contribution in [0.25, 0.3) is 0 Å². The molecule has 2 aromatic rings. The van der Waals surface area contributed by atoms with E-state index < -0.39 is 6.61 Å². The van der Waals surface area contributed by atoms with E-state index in [0.29, 0.717) is 26.2 Å². The van der Waals surface area contributed by atoms with Crippen LogP contribution >= 0.6 is 0 Å². The maximum atomic E-state index is 12.7. The Morgan fingerprint density at radius 1 is 1.03 bits per heavy atom. The number of carbonyl (C=O) groups excluding carboxylic acids is 2. The summed E-state index contributed by atoms with van der Waals surface area (Å²) in [5.74, 6) is -0.590. The van der Waals surface area contributed by atoms with E-state index in [0.717, 1.165) is 17.7 Å². The second-order valence-electron chi connectivity index (χ2n) is 7.00. The standard InChI is InChI=1S/C22H25F2N3O3/c1-2-16-7-3-5-9-18(16)25-20(28)15-26-11-13-27(14-12-26)21(29)17-8-4-6-10-19(17)30-22(23)24/h3-10,22H,2,11-15H2,1H3,(H,25,28). The van der Waals surface area contributed by atoms with Crippen LogP contribution in [0.15, 0.2) is 48.5 Å². The normalized spacial score (nSPS) is 14.6. The number of piperazine rings is 1. The highest BCUT2D eigenvalue weighted by Gasteiger charge is 2.26. The average Bonchev–Trinajstić information content (AvgIpc) is 2.74. The third-order valence-corrected chi connectivity index (χ3v) is 5.03. The van der Waals surface area contributed by atoms with Crippen LogP contribution in [0.3, 0.4) is 0 Å². The van der Waals surface area contributed by atoms with Gasteiger partial charge in [-0.2, -0.15) is 8.78 Å². The highest BCUT2D eigenvalue weighted by molar-refractivity contribution is 5.97. The van der Waals surface area contributed by atoms with E-state index in [-0.39, 0.29) is 29.7 Å². The van der Waals surface area contributed by atoms with E-state index in [2.05, 4.69) is 10.1 Å². The number of amides is 2. The van der Waals surface area contributed by atoms with Crippen LogP contribution in [0.1, 0.15) is 22.8 Å². The number of nitrogens with one attached hydrogen (secondary N) is 1. The van der Waals surface area contributed by atoms with E-state index >= 15 is 0 Å². The SMILES string of the molecule is CCc1ccccc1NC(=O)CN1CCN(C(=O)c2ccccc2OC(F)F)CC1. The highest BCUT2D eigenvalue weighted by atomic mass is 19.3. The molecule has 30 heavy (non-hydrogen) atoms. The van der Waals surface area contributed by atoms with Crippen molar-refractivity contribution in [2.75, 3.05) is 38.0 Å². The van der Waals surface area contributed by atoms with Crippen LogP contribution in [0.4, 0.5) is 14.5 Å². The Balaban J connectivity index is 1.54. The summed E-state index contributed by atoms with van der Waals surface area (Å²) in [5, 5.41) is 2.95. The molecule has 0 aromatic heterocycles. The van der Waals surface area contributed by atoms with Crippen LogP contribution in [0.5, 0.6) is 5.75 Å². The number of hydrogen-bond donors (Lipinski definition) is 1. The Hall–Kier alpha value is -3.00. The largest absolute Gasteiger partial charge is 0.434 e. The predicted octanol–water partition coefficient (Wildman–Crippen LogP) is 3.25. The Morgan fingerprint density at radius 2 is 1.70 bits per heavy atom. The molecule has 8 heteroatoms.